The van der Waals surface area contributed by atoms with Crippen LogP contribution in [0.2, 0.25) is 0 Å². The van der Waals surface area contributed by atoms with E-state index in [1.54, 1.807) is 11.9 Å². The first-order valence-corrected chi connectivity index (χ1v) is 7.57. The van der Waals surface area contributed by atoms with Gasteiger partial charge >= 0.3 is 5.82 Å². The van der Waals surface area contributed by atoms with Crippen LogP contribution in [0.3, 0.4) is 0 Å². The van der Waals surface area contributed by atoms with Crippen LogP contribution in [0.1, 0.15) is 30.3 Å². The van der Waals surface area contributed by atoms with E-state index in [0.29, 0.717) is 29.5 Å². The second-order valence-electron chi connectivity index (χ2n) is 5.20. The molecule has 0 saturated carbocycles. The number of hydrogen-bond donors (Lipinski definition) is 0. The van der Waals surface area contributed by atoms with Crippen molar-refractivity contribution in [3.8, 4) is 0 Å². The van der Waals surface area contributed by atoms with E-state index in [9.17, 15) is 14.9 Å². The zero-order valence-electron chi connectivity index (χ0n) is 11.6. The molecule has 0 spiro atoms. The van der Waals surface area contributed by atoms with Crippen LogP contribution in [0.25, 0.3) is 0 Å². The molecule has 6 nitrogen and oxygen atoms in total. The highest BCUT2D eigenvalue weighted by Gasteiger charge is 2.29. The molecule has 0 aromatic carbocycles. The second kappa shape index (κ2) is 5.95. The molecule has 0 N–H and O–H groups in total. The van der Waals surface area contributed by atoms with Crippen molar-refractivity contribution in [1.82, 2.24) is 9.47 Å². The average molecular weight is 344 g/mol. The molecule has 2 rings (SSSR count). The predicted octanol–water partition coefficient (Wildman–Crippen LogP) is 2.57. The number of nitro groups is 1. The number of carbonyl (C=O) groups excluding carboxylic acids is 1. The van der Waals surface area contributed by atoms with Crippen molar-refractivity contribution in [2.45, 2.75) is 24.6 Å². The molecule has 0 aliphatic carbocycles. The normalized spacial score (nSPS) is 18.1. The van der Waals surface area contributed by atoms with Gasteiger partial charge in [0.2, 0.25) is 0 Å². The number of halogens is 1. The van der Waals surface area contributed by atoms with Gasteiger partial charge in [-0.25, -0.2) is 4.57 Å². The van der Waals surface area contributed by atoms with Crippen molar-refractivity contribution in [1.29, 1.82) is 0 Å². The number of hydrogen-bond acceptors (Lipinski definition) is 3. The van der Waals surface area contributed by atoms with Gasteiger partial charge in [0, 0.05) is 24.0 Å². The van der Waals surface area contributed by atoms with Crippen molar-refractivity contribution in [2.24, 2.45) is 13.0 Å². The van der Waals surface area contributed by atoms with Crippen LogP contribution in [-0.2, 0) is 7.05 Å². The molecule has 1 aromatic heterocycles. The lowest BCUT2D eigenvalue weighted by Crippen LogP contribution is -2.40. The van der Waals surface area contributed by atoms with Gasteiger partial charge in [-0.1, -0.05) is 22.9 Å². The van der Waals surface area contributed by atoms with Gasteiger partial charge in [-0.15, -0.1) is 0 Å². The van der Waals surface area contributed by atoms with Crippen molar-refractivity contribution in [3.05, 3.63) is 27.9 Å². The first kappa shape index (κ1) is 15.0. The van der Waals surface area contributed by atoms with E-state index in [-0.39, 0.29) is 11.7 Å². The predicted molar refractivity (Wildman–Crippen MR) is 79.1 cm³/mol. The Morgan fingerprint density at radius 3 is 2.50 bits per heavy atom. The lowest BCUT2D eigenvalue weighted by atomic mass is 9.94. The van der Waals surface area contributed by atoms with E-state index < -0.39 is 4.92 Å². The van der Waals surface area contributed by atoms with Crippen LogP contribution in [-0.4, -0.2) is 38.2 Å². The average Bonchev–Trinajstić information content (AvgIpc) is 2.80. The Morgan fingerprint density at radius 2 is 2.05 bits per heavy atom. The second-order valence-corrected chi connectivity index (χ2v) is 6.64. The number of aromatic nitrogens is 1. The third-order valence-electron chi connectivity index (χ3n) is 3.98. The molecule has 0 radical (unpaired) electrons. The van der Waals surface area contributed by atoms with E-state index in [1.807, 2.05) is 0 Å². The summed E-state index contributed by atoms with van der Waals surface area (Å²) in [6.45, 7) is 3.54. The van der Waals surface area contributed by atoms with Gasteiger partial charge in [0.1, 0.15) is 0 Å². The summed E-state index contributed by atoms with van der Waals surface area (Å²) in [5.41, 5.74) is 0.377. The number of amides is 1. The molecule has 2 heterocycles. The Kier molecular flexibility index (Phi) is 4.47. The third-order valence-corrected chi connectivity index (χ3v) is 4.73. The van der Waals surface area contributed by atoms with Gasteiger partial charge in [-0.3, -0.25) is 4.79 Å². The monoisotopic (exact) mass is 343 g/mol. The molecule has 1 aromatic rings. The lowest BCUT2D eigenvalue weighted by Gasteiger charge is -2.32. The summed E-state index contributed by atoms with van der Waals surface area (Å²) >= 11 is 3.59. The zero-order chi connectivity index (χ0) is 14.9. The van der Waals surface area contributed by atoms with Crippen LogP contribution in [0.5, 0.6) is 0 Å². The minimum Gasteiger partial charge on any atom is -0.358 e. The summed E-state index contributed by atoms with van der Waals surface area (Å²) in [6, 6.07) is 2.90. The van der Waals surface area contributed by atoms with Gasteiger partial charge in [0.25, 0.3) is 5.91 Å². The number of alkyl halides is 1. The molecule has 1 unspecified atom stereocenters. The molecule has 110 valence electrons. The maximum atomic E-state index is 12.4. The Hall–Kier alpha value is -1.37. The van der Waals surface area contributed by atoms with Gasteiger partial charge in [0.05, 0.1) is 7.05 Å². The number of nitrogens with zero attached hydrogens (tertiary/aromatic N) is 3. The molecule has 1 atom stereocenters. The maximum absolute atomic E-state index is 12.4. The topological polar surface area (TPSA) is 68.4 Å². The molecule has 1 fully saturated rings. The lowest BCUT2D eigenvalue weighted by molar-refractivity contribution is -0.391. The Morgan fingerprint density at radius 1 is 1.45 bits per heavy atom. The van der Waals surface area contributed by atoms with E-state index in [0.717, 1.165) is 12.8 Å². The summed E-state index contributed by atoms with van der Waals surface area (Å²) in [6.07, 6.45) is 1.93. The van der Waals surface area contributed by atoms with Crippen LogP contribution in [0.15, 0.2) is 12.1 Å². The van der Waals surface area contributed by atoms with Gasteiger partial charge in [-0.05, 0) is 29.7 Å². The van der Waals surface area contributed by atoms with Crippen LogP contribution in [0, 0.1) is 16.0 Å². The highest BCUT2D eigenvalue weighted by atomic mass is 79.9. The Labute approximate surface area is 126 Å². The molecule has 1 saturated heterocycles. The summed E-state index contributed by atoms with van der Waals surface area (Å²) in [4.78, 5) is 25.0. The Bertz CT molecular complexity index is 519. The van der Waals surface area contributed by atoms with Crippen LogP contribution in [0.4, 0.5) is 5.82 Å². The molecular weight excluding hydrogens is 326 g/mol. The first-order valence-electron chi connectivity index (χ1n) is 6.65. The van der Waals surface area contributed by atoms with E-state index in [4.69, 9.17) is 0 Å². The van der Waals surface area contributed by atoms with E-state index in [2.05, 4.69) is 22.9 Å². The van der Waals surface area contributed by atoms with Crippen molar-refractivity contribution in [3.63, 3.8) is 0 Å². The molecule has 0 bridgehead atoms. The first-order chi connectivity index (χ1) is 9.41. The number of piperidine rings is 1. The highest BCUT2D eigenvalue weighted by molar-refractivity contribution is 9.09. The van der Waals surface area contributed by atoms with Gasteiger partial charge < -0.3 is 15.0 Å². The molecule has 20 heavy (non-hydrogen) atoms. The fraction of sp³-hybridized carbons (Fsp3) is 0.615. The third kappa shape index (κ3) is 2.87. The maximum Gasteiger partial charge on any atom is 0.323 e. The molecule has 1 amide bonds. The van der Waals surface area contributed by atoms with Crippen molar-refractivity contribution < 1.29 is 9.72 Å². The number of likely N-dealkylation sites (tertiary alicyclic amines) is 1. The molecule has 7 heteroatoms. The Balaban J connectivity index is 2.08. The smallest absolute Gasteiger partial charge is 0.323 e. The number of rotatable bonds is 3. The van der Waals surface area contributed by atoms with E-state index in [1.165, 1.54) is 16.7 Å². The molecule has 1 aliphatic rings. The van der Waals surface area contributed by atoms with Crippen LogP contribution < -0.4 is 0 Å². The summed E-state index contributed by atoms with van der Waals surface area (Å²) < 4.78 is 1.35. The largest absolute Gasteiger partial charge is 0.358 e. The standard InChI is InChI=1S/C13H18BrN3O3/c1-9(14)10-5-7-16(8-6-10)13(18)11-3-4-12(15(11)2)17(19)20/h3-4,9-10H,5-8H2,1-2H3. The minimum absolute atomic E-state index is 0.0580. The van der Waals surface area contributed by atoms with Crippen LogP contribution >= 0.6 is 15.9 Å². The van der Waals surface area contributed by atoms with Gasteiger partial charge in [0.15, 0.2) is 5.69 Å². The van der Waals surface area contributed by atoms with Crippen molar-refractivity contribution >= 4 is 27.7 Å². The molecular formula is C13H18BrN3O3. The fourth-order valence-corrected chi connectivity index (χ4v) is 3.15. The van der Waals surface area contributed by atoms with Crippen molar-refractivity contribution in [2.75, 3.05) is 13.1 Å². The fourth-order valence-electron chi connectivity index (χ4n) is 2.62. The molecule has 1 aliphatic heterocycles. The summed E-state index contributed by atoms with van der Waals surface area (Å²) in [5, 5.41) is 10.8. The zero-order valence-corrected chi connectivity index (χ0v) is 13.2. The SMILES string of the molecule is CC(Br)C1CCN(C(=O)c2ccc([N+](=O)[O-])n2C)CC1. The summed E-state index contributed by atoms with van der Waals surface area (Å²) in [5.74, 6) is 0.403. The quantitative estimate of drug-likeness (QED) is 0.481. The van der Waals surface area contributed by atoms with E-state index >= 15 is 0 Å². The van der Waals surface area contributed by atoms with Gasteiger partial charge in [-0.2, -0.15) is 0 Å². The minimum atomic E-state index is -0.477. The number of carbonyl (C=O) groups is 1. The summed E-state index contributed by atoms with van der Waals surface area (Å²) in [7, 11) is 1.55. The highest BCUT2D eigenvalue weighted by Crippen LogP contribution is 2.26.